The molecular formula is C26H28ClN3O3. The van der Waals surface area contributed by atoms with E-state index in [1.54, 1.807) is 12.1 Å². The number of amides is 1. The maximum absolute atomic E-state index is 12.6. The third kappa shape index (κ3) is 6.33. The Balaban J connectivity index is 1.68. The summed E-state index contributed by atoms with van der Waals surface area (Å²) >= 11 is 6.06. The molecule has 3 aromatic carbocycles. The number of anilines is 2. The first-order chi connectivity index (χ1) is 15.9. The Morgan fingerprint density at radius 3 is 2.18 bits per heavy atom. The lowest BCUT2D eigenvalue weighted by Crippen LogP contribution is -2.23. The normalized spacial score (nSPS) is 10.6. The van der Waals surface area contributed by atoms with Crippen LogP contribution in [-0.2, 0) is 0 Å². The van der Waals surface area contributed by atoms with E-state index in [1.165, 1.54) is 43.1 Å². The van der Waals surface area contributed by atoms with Crippen LogP contribution in [0.15, 0.2) is 66.7 Å². The van der Waals surface area contributed by atoms with Gasteiger partial charge in [0.2, 0.25) is 0 Å². The fourth-order valence-corrected chi connectivity index (χ4v) is 3.84. The molecular weight excluding hydrogens is 438 g/mol. The zero-order chi connectivity index (χ0) is 23.8. The average molecular weight is 466 g/mol. The van der Waals surface area contributed by atoms with Crippen molar-refractivity contribution < 1.29 is 9.72 Å². The number of benzene rings is 3. The second-order valence-electron chi connectivity index (χ2n) is 7.79. The first kappa shape index (κ1) is 24.3. The molecule has 0 spiro atoms. The molecule has 0 unspecified atom stereocenters. The van der Waals surface area contributed by atoms with E-state index in [-0.39, 0.29) is 16.3 Å². The summed E-state index contributed by atoms with van der Waals surface area (Å²) in [6, 6.07) is 19.8. The highest BCUT2D eigenvalue weighted by Gasteiger charge is 2.16. The van der Waals surface area contributed by atoms with Crippen molar-refractivity contribution in [2.75, 3.05) is 23.3 Å². The van der Waals surface area contributed by atoms with Crippen molar-refractivity contribution in [2.45, 2.75) is 33.1 Å². The standard InChI is InChI=1S/C26H28ClN3O3/c1-3-5-6-17-29(4-2)22-13-9-20(10-14-22)19-7-11-21(12-8-19)28-26(31)24-18-23(30(32)33)15-16-25(24)27/h7-16,18H,3-6,17H2,1-2H3,(H,28,31). The van der Waals surface area contributed by atoms with Gasteiger partial charge in [0, 0.05) is 36.6 Å². The number of carbonyl (C=O) groups excluding carboxylic acids is 1. The van der Waals surface area contributed by atoms with Crippen LogP contribution >= 0.6 is 11.6 Å². The number of hydrogen-bond donors (Lipinski definition) is 1. The SMILES string of the molecule is CCCCCN(CC)c1ccc(-c2ccc(NC(=O)c3cc([N+](=O)[O-])ccc3Cl)cc2)cc1. The fourth-order valence-electron chi connectivity index (χ4n) is 3.63. The smallest absolute Gasteiger partial charge is 0.270 e. The Morgan fingerprint density at radius 2 is 1.61 bits per heavy atom. The molecule has 33 heavy (non-hydrogen) atoms. The molecule has 0 aliphatic heterocycles. The highest BCUT2D eigenvalue weighted by molar-refractivity contribution is 6.34. The van der Waals surface area contributed by atoms with E-state index >= 15 is 0 Å². The summed E-state index contributed by atoms with van der Waals surface area (Å²) in [5.41, 5.74) is 3.79. The van der Waals surface area contributed by atoms with E-state index in [2.05, 4.69) is 48.3 Å². The lowest BCUT2D eigenvalue weighted by molar-refractivity contribution is -0.384. The largest absolute Gasteiger partial charge is 0.372 e. The molecule has 0 saturated heterocycles. The van der Waals surface area contributed by atoms with Crippen LogP contribution < -0.4 is 10.2 Å². The molecule has 0 heterocycles. The lowest BCUT2D eigenvalue weighted by Gasteiger charge is -2.23. The summed E-state index contributed by atoms with van der Waals surface area (Å²) < 4.78 is 0. The summed E-state index contributed by atoms with van der Waals surface area (Å²) in [6.45, 7) is 6.43. The summed E-state index contributed by atoms with van der Waals surface area (Å²) in [6.07, 6.45) is 3.65. The van der Waals surface area contributed by atoms with Gasteiger partial charge in [-0.3, -0.25) is 14.9 Å². The molecule has 0 saturated carbocycles. The van der Waals surface area contributed by atoms with E-state index in [4.69, 9.17) is 11.6 Å². The van der Waals surface area contributed by atoms with Gasteiger partial charge in [0.1, 0.15) is 0 Å². The minimum atomic E-state index is -0.557. The summed E-state index contributed by atoms with van der Waals surface area (Å²) in [5, 5.41) is 13.9. The molecule has 0 aromatic heterocycles. The van der Waals surface area contributed by atoms with Crippen LogP contribution in [0.5, 0.6) is 0 Å². The van der Waals surface area contributed by atoms with Gasteiger partial charge in [-0.2, -0.15) is 0 Å². The Labute approximate surface area is 199 Å². The van der Waals surface area contributed by atoms with Gasteiger partial charge in [0.05, 0.1) is 15.5 Å². The topological polar surface area (TPSA) is 75.5 Å². The molecule has 0 radical (unpaired) electrons. The monoisotopic (exact) mass is 465 g/mol. The lowest BCUT2D eigenvalue weighted by atomic mass is 10.0. The first-order valence-electron chi connectivity index (χ1n) is 11.1. The highest BCUT2D eigenvalue weighted by Crippen LogP contribution is 2.26. The Hall–Kier alpha value is -3.38. The van der Waals surface area contributed by atoms with Gasteiger partial charge in [-0.15, -0.1) is 0 Å². The summed E-state index contributed by atoms with van der Waals surface area (Å²) in [5.74, 6) is -0.497. The Morgan fingerprint density at radius 1 is 0.970 bits per heavy atom. The number of nitrogens with zero attached hydrogens (tertiary/aromatic N) is 2. The Bertz CT molecular complexity index is 1100. The van der Waals surface area contributed by atoms with Crippen molar-refractivity contribution in [3.63, 3.8) is 0 Å². The molecule has 3 rings (SSSR count). The molecule has 0 atom stereocenters. The minimum Gasteiger partial charge on any atom is -0.372 e. The van der Waals surface area contributed by atoms with Crippen LogP contribution in [-0.4, -0.2) is 23.9 Å². The number of nitro groups is 1. The van der Waals surface area contributed by atoms with Gasteiger partial charge >= 0.3 is 0 Å². The first-order valence-corrected chi connectivity index (χ1v) is 11.5. The maximum Gasteiger partial charge on any atom is 0.270 e. The quantitative estimate of drug-likeness (QED) is 0.195. The molecule has 1 amide bonds. The molecule has 1 N–H and O–H groups in total. The second-order valence-corrected chi connectivity index (χ2v) is 8.19. The zero-order valence-corrected chi connectivity index (χ0v) is 19.6. The van der Waals surface area contributed by atoms with Crippen molar-refractivity contribution in [3.05, 3.63) is 87.4 Å². The van der Waals surface area contributed by atoms with Crippen molar-refractivity contribution in [1.82, 2.24) is 0 Å². The number of rotatable bonds is 10. The zero-order valence-electron chi connectivity index (χ0n) is 18.9. The second kappa shape index (κ2) is 11.5. The molecule has 0 fully saturated rings. The van der Waals surface area contributed by atoms with Crippen LogP contribution in [0.25, 0.3) is 11.1 Å². The molecule has 0 aliphatic rings. The minimum absolute atomic E-state index is 0.0601. The van der Waals surface area contributed by atoms with E-state index in [0.717, 1.165) is 24.2 Å². The molecule has 172 valence electrons. The number of non-ortho nitro benzene ring substituents is 1. The highest BCUT2D eigenvalue weighted by atomic mass is 35.5. The van der Waals surface area contributed by atoms with Crippen molar-refractivity contribution in [1.29, 1.82) is 0 Å². The molecule has 3 aromatic rings. The number of carbonyl (C=O) groups is 1. The van der Waals surface area contributed by atoms with Crippen LogP contribution in [0.3, 0.4) is 0 Å². The number of unbranched alkanes of at least 4 members (excludes halogenated alkanes) is 2. The van der Waals surface area contributed by atoms with E-state index in [9.17, 15) is 14.9 Å². The van der Waals surface area contributed by atoms with Crippen LogP contribution in [0, 0.1) is 10.1 Å². The van der Waals surface area contributed by atoms with Crippen LogP contribution in [0.2, 0.25) is 5.02 Å². The van der Waals surface area contributed by atoms with Gasteiger partial charge in [0.25, 0.3) is 11.6 Å². The van der Waals surface area contributed by atoms with Crippen molar-refractivity contribution >= 4 is 34.6 Å². The Kier molecular flexibility index (Phi) is 8.44. The van der Waals surface area contributed by atoms with Gasteiger partial charge < -0.3 is 10.2 Å². The molecule has 0 aliphatic carbocycles. The molecule has 7 heteroatoms. The van der Waals surface area contributed by atoms with Crippen molar-refractivity contribution in [2.24, 2.45) is 0 Å². The predicted molar refractivity (Wildman–Crippen MR) is 135 cm³/mol. The number of hydrogen-bond acceptors (Lipinski definition) is 4. The number of nitro benzene ring substituents is 1. The van der Waals surface area contributed by atoms with Gasteiger partial charge in [-0.1, -0.05) is 55.6 Å². The van der Waals surface area contributed by atoms with Gasteiger partial charge in [-0.25, -0.2) is 0 Å². The number of nitrogens with one attached hydrogen (secondary N) is 1. The van der Waals surface area contributed by atoms with E-state index < -0.39 is 10.8 Å². The van der Waals surface area contributed by atoms with Gasteiger partial charge in [0.15, 0.2) is 0 Å². The average Bonchev–Trinajstić information content (AvgIpc) is 2.82. The summed E-state index contributed by atoms with van der Waals surface area (Å²) in [7, 11) is 0. The third-order valence-electron chi connectivity index (χ3n) is 5.53. The number of halogens is 1. The predicted octanol–water partition coefficient (Wildman–Crippen LogP) is 7.18. The summed E-state index contributed by atoms with van der Waals surface area (Å²) in [4.78, 5) is 25.4. The van der Waals surface area contributed by atoms with Crippen molar-refractivity contribution in [3.8, 4) is 11.1 Å². The maximum atomic E-state index is 12.6. The van der Waals surface area contributed by atoms with E-state index in [1.807, 2.05) is 12.1 Å². The third-order valence-corrected chi connectivity index (χ3v) is 5.86. The van der Waals surface area contributed by atoms with Crippen LogP contribution in [0.1, 0.15) is 43.5 Å². The molecule has 6 nitrogen and oxygen atoms in total. The van der Waals surface area contributed by atoms with E-state index in [0.29, 0.717) is 5.69 Å². The van der Waals surface area contributed by atoms with Crippen LogP contribution in [0.4, 0.5) is 17.1 Å². The fraction of sp³-hybridized carbons (Fsp3) is 0.269. The molecule has 0 bridgehead atoms. The van der Waals surface area contributed by atoms with Gasteiger partial charge in [-0.05, 0) is 54.8 Å².